The van der Waals surface area contributed by atoms with Gasteiger partial charge in [-0.15, -0.1) is 0 Å². The molecule has 8 nitrogen and oxygen atoms in total. The van der Waals surface area contributed by atoms with Crippen LogP contribution in [0.5, 0.6) is 0 Å². The standard InChI is InChI=1S/C23H42N4O4/c1-7-16(2)19(25-22(30)31-23(4,5)6)20(28)26-13-14-27(17(3)15-26)21(29)24-18-11-9-8-10-12-18/h16-19H,7-15H2,1-6H3,(H,24,29)(H,25,30). The van der Waals surface area contributed by atoms with E-state index in [1.54, 1.807) is 25.7 Å². The minimum Gasteiger partial charge on any atom is -0.444 e. The van der Waals surface area contributed by atoms with Gasteiger partial charge in [-0.3, -0.25) is 4.79 Å². The van der Waals surface area contributed by atoms with E-state index in [4.69, 9.17) is 4.74 Å². The normalized spacial score (nSPS) is 22.5. The molecule has 178 valence electrons. The fourth-order valence-electron chi connectivity index (χ4n) is 4.28. The first-order valence-corrected chi connectivity index (χ1v) is 11.9. The van der Waals surface area contributed by atoms with Crippen LogP contribution >= 0.6 is 0 Å². The number of carbonyl (C=O) groups is 3. The van der Waals surface area contributed by atoms with Crippen molar-refractivity contribution in [3.8, 4) is 0 Å². The first-order valence-electron chi connectivity index (χ1n) is 11.9. The summed E-state index contributed by atoms with van der Waals surface area (Å²) in [5, 5.41) is 5.95. The zero-order chi connectivity index (χ0) is 23.2. The van der Waals surface area contributed by atoms with Crippen LogP contribution in [0.1, 0.15) is 80.1 Å². The maximum atomic E-state index is 13.3. The van der Waals surface area contributed by atoms with E-state index in [1.165, 1.54) is 19.3 Å². The molecule has 2 rings (SSSR count). The molecule has 1 heterocycles. The Bertz CT molecular complexity index is 628. The topological polar surface area (TPSA) is 91.0 Å². The molecule has 2 aliphatic rings. The lowest BCUT2D eigenvalue weighted by atomic mass is 9.95. The van der Waals surface area contributed by atoms with E-state index in [0.717, 1.165) is 19.3 Å². The van der Waals surface area contributed by atoms with Gasteiger partial charge in [0.2, 0.25) is 5.91 Å². The summed E-state index contributed by atoms with van der Waals surface area (Å²) in [6.45, 7) is 12.7. The number of nitrogens with one attached hydrogen (secondary N) is 2. The minimum atomic E-state index is -0.644. The summed E-state index contributed by atoms with van der Waals surface area (Å²) in [7, 11) is 0. The molecule has 1 aliphatic heterocycles. The van der Waals surface area contributed by atoms with Gasteiger partial charge in [0.05, 0.1) is 0 Å². The highest BCUT2D eigenvalue weighted by Gasteiger charge is 2.36. The average Bonchev–Trinajstić information content (AvgIpc) is 2.70. The molecule has 3 atom stereocenters. The van der Waals surface area contributed by atoms with E-state index >= 15 is 0 Å². The highest BCUT2D eigenvalue weighted by molar-refractivity contribution is 5.86. The number of hydrogen-bond donors (Lipinski definition) is 2. The van der Waals surface area contributed by atoms with Crippen molar-refractivity contribution in [1.29, 1.82) is 0 Å². The number of nitrogens with zero attached hydrogens (tertiary/aromatic N) is 2. The maximum absolute atomic E-state index is 13.3. The van der Waals surface area contributed by atoms with Crippen LogP contribution in [0.15, 0.2) is 0 Å². The molecule has 4 amide bonds. The fraction of sp³-hybridized carbons (Fsp3) is 0.870. The Labute approximate surface area is 187 Å². The molecule has 8 heteroatoms. The van der Waals surface area contributed by atoms with Crippen LogP contribution in [-0.4, -0.2) is 71.2 Å². The van der Waals surface area contributed by atoms with E-state index in [0.29, 0.717) is 19.6 Å². The molecule has 0 aromatic rings. The zero-order valence-corrected chi connectivity index (χ0v) is 20.2. The molecule has 1 saturated carbocycles. The van der Waals surface area contributed by atoms with Gasteiger partial charge in [0.1, 0.15) is 11.6 Å². The van der Waals surface area contributed by atoms with Gasteiger partial charge in [-0.05, 0) is 46.5 Å². The second-order valence-corrected chi connectivity index (χ2v) is 10.1. The number of urea groups is 1. The molecule has 31 heavy (non-hydrogen) atoms. The molecule has 2 fully saturated rings. The van der Waals surface area contributed by atoms with Crippen molar-refractivity contribution in [3.63, 3.8) is 0 Å². The molecule has 0 bridgehead atoms. The van der Waals surface area contributed by atoms with Gasteiger partial charge in [-0.1, -0.05) is 39.5 Å². The number of carbonyl (C=O) groups excluding carboxylic acids is 3. The van der Waals surface area contributed by atoms with Crippen LogP contribution in [0.2, 0.25) is 0 Å². The van der Waals surface area contributed by atoms with E-state index < -0.39 is 17.7 Å². The van der Waals surface area contributed by atoms with Crippen LogP contribution in [0, 0.1) is 5.92 Å². The number of piperazine rings is 1. The van der Waals surface area contributed by atoms with E-state index in [2.05, 4.69) is 10.6 Å². The van der Waals surface area contributed by atoms with Crippen LogP contribution in [-0.2, 0) is 9.53 Å². The lowest BCUT2D eigenvalue weighted by Gasteiger charge is -2.42. The molecule has 0 aromatic heterocycles. The van der Waals surface area contributed by atoms with Crippen LogP contribution in [0.3, 0.4) is 0 Å². The monoisotopic (exact) mass is 438 g/mol. The molecule has 1 aliphatic carbocycles. The number of amides is 4. The Kier molecular flexibility index (Phi) is 9.01. The number of ether oxygens (including phenoxy) is 1. The van der Waals surface area contributed by atoms with Crippen molar-refractivity contribution in [2.75, 3.05) is 19.6 Å². The Hall–Kier alpha value is -1.99. The maximum Gasteiger partial charge on any atom is 0.408 e. The molecule has 0 aromatic carbocycles. The quantitative estimate of drug-likeness (QED) is 0.687. The summed E-state index contributed by atoms with van der Waals surface area (Å²) < 4.78 is 5.36. The summed E-state index contributed by atoms with van der Waals surface area (Å²) in [6.07, 6.45) is 5.86. The van der Waals surface area contributed by atoms with Gasteiger partial charge in [0.15, 0.2) is 0 Å². The third kappa shape index (κ3) is 7.58. The summed E-state index contributed by atoms with van der Waals surface area (Å²) in [6, 6.07) is -0.493. The van der Waals surface area contributed by atoms with Crippen molar-refractivity contribution in [2.24, 2.45) is 5.92 Å². The smallest absolute Gasteiger partial charge is 0.408 e. The largest absolute Gasteiger partial charge is 0.444 e. The lowest BCUT2D eigenvalue weighted by Crippen LogP contribution is -2.62. The van der Waals surface area contributed by atoms with Gasteiger partial charge in [0, 0.05) is 31.7 Å². The van der Waals surface area contributed by atoms with Crippen LogP contribution in [0.25, 0.3) is 0 Å². The highest BCUT2D eigenvalue weighted by Crippen LogP contribution is 2.20. The van der Waals surface area contributed by atoms with Gasteiger partial charge in [-0.25, -0.2) is 9.59 Å². The predicted molar refractivity (Wildman–Crippen MR) is 121 cm³/mol. The highest BCUT2D eigenvalue weighted by atomic mass is 16.6. The van der Waals surface area contributed by atoms with Crippen LogP contribution < -0.4 is 10.6 Å². The summed E-state index contributed by atoms with van der Waals surface area (Å²) >= 11 is 0. The van der Waals surface area contributed by atoms with Crippen molar-refractivity contribution < 1.29 is 19.1 Å². The Morgan fingerprint density at radius 2 is 1.74 bits per heavy atom. The Morgan fingerprint density at radius 1 is 1.10 bits per heavy atom. The number of alkyl carbamates (subject to hydrolysis) is 1. The Morgan fingerprint density at radius 3 is 2.29 bits per heavy atom. The number of hydrogen-bond acceptors (Lipinski definition) is 4. The summed E-state index contributed by atoms with van der Waals surface area (Å²) in [4.78, 5) is 41.9. The number of rotatable bonds is 5. The van der Waals surface area contributed by atoms with Crippen molar-refractivity contribution in [3.05, 3.63) is 0 Å². The second kappa shape index (κ2) is 11.0. The average molecular weight is 439 g/mol. The van der Waals surface area contributed by atoms with Gasteiger partial charge in [0.25, 0.3) is 0 Å². The van der Waals surface area contributed by atoms with Crippen molar-refractivity contribution in [1.82, 2.24) is 20.4 Å². The van der Waals surface area contributed by atoms with E-state index in [-0.39, 0.29) is 29.9 Å². The summed E-state index contributed by atoms with van der Waals surface area (Å²) in [5.41, 5.74) is -0.626. The zero-order valence-electron chi connectivity index (χ0n) is 20.2. The first-order chi connectivity index (χ1) is 14.5. The summed E-state index contributed by atoms with van der Waals surface area (Å²) in [5.74, 6) is -0.137. The molecule has 3 unspecified atom stereocenters. The minimum absolute atomic E-state index is 0.0250. The fourth-order valence-corrected chi connectivity index (χ4v) is 4.28. The molecular formula is C23H42N4O4. The van der Waals surface area contributed by atoms with Crippen molar-refractivity contribution in [2.45, 2.75) is 104 Å². The van der Waals surface area contributed by atoms with Gasteiger partial charge >= 0.3 is 12.1 Å². The Balaban J connectivity index is 1.95. The van der Waals surface area contributed by atoms with Gasteiger partial charge in [-0.2, -0.15) is 0 Å². The SMILES string of the molecule is CCC(C)C(NC(=O)OC(C)(C)C)C(=O)N1CCN(C(=O)NC2CCCCC2)C(C)C1. The molecule has 2 N–H and O–H groups in total. The second-order valence-electron chi connectivity index (χ2n) is 10.1. The third-order valence-electron chi connectivity index (χ3n) is 6.28. The molecule has 0 radical (unpaired) electrons. The van der Waals surface area contributed by atoms with Crippen molar-refractivity contribution >= 4 is 18.0 Å². The molecule has 1 saturated heterocycles. The molecule has 0 spiro atoms. The van der Waals surface area contributed by atoms with E-state index in [1.807, 2.05) is 25.7 Å². The molecular weight excluding hydrogens is 396 g/mol. The van der Waals surface area contributed by atoms with Crippen LogP contribution in [0.4, 0.5) is 9.59 Å². The third-order valence-corrected chi connectivity index (χ3v) is 6.28. The lowest BCUT2D eigenvalue weighted by molar-refractivity contribution is -0.137. The predicted octanol–water partition coefficient (Wildman–Crippen LogP) is 3.50. The first kappa shape index (κ1) is 25.3. The van der Waals surface area contributed by atoms with Gasteiger partial charge < -0.3 is 25.2 Å². The van der Waals surface area contributed by atoms with E-state index in [9.17, 15) is 14.4 Å².